The molecular formula is C10H13ClO2S2. The number of rotatable bonds is 5. The maximum atomic E-state index is 11.8. The molecule has 0 saturated heterocycles. The van der Waals surface area contributed by atoms with Crippen LogP contribution in [0.15, 0.2) is 29.2 Å². The van der Waals surface area contributed by atoms with Crippen molar-refractivity contribution in [3.8, 4) is 0 Å². The molecule has 0 unspecified atom stereocenters. The highest BCUT2D eigenvalue weighted by atomic mass is 35.5. The molecule has 0 atom stereocenters. The number of sulfone groups is 1. The van der Waals surface area contributed by atoms with Crippen molar-refractivity contribution in [1.82, 2.24) is 0 Å². The van der Waals surface area contributed by atoms with Crippen molar-refractivity contribution in [3.63, 3.8) is 0 Å². The van der Waals surface area contributed by atoms with Gasteiger partial charge in [-0.05, 0) is 42.7 Å². The van der Waals surface area contributed by atoms with E-state index in [1.807, 2.05) is 6.26 Å². The molecule has 0 N–H and O–H groups in total. The van der Waals surface area contributed by atoms with E-state index in [9.17, 15) is 8.42 Å². The van der Waals surface area contributed by atoms with Crippen LogP contribution < -0.4 is 0 Å². The fourth-order valence-electron chi connectivity index (χ4n) is 1.15. The normalized spacial score (nSPS) is 11.6. The van der Waals surface area contributed by atoms with E-state index in [-0.39, 0.29) is 5.75 Å². The SMILES string of the molecule is CSCCCS(=O)(=O)c1ccc(Cl)cc1. The number of hydrogen-bond acceptors (Lipinski definition) is 3. The maximum Gasteiger partial charge on any atom is 0.178 e. The molecule has 0 bridgehead atoms. The van der Waals surface area contributed by atoms with Gasteiger partial charge in [0, 0.05) is 5.02 Å². The Balaban J connectivity index is 2.73. The minimum Gasteiger partial charge on any atom is -0.224 e. The van der Waals surface area contributed by atoms with Crippen LogP contribution in [0.2, 0.25) is 5.02 Å². The lowest BCUT2D eigenvalue weighted by Crippen LogP contribution is -2.07. The summed E-state index contributed by atoms with van der Waals surface area (Å²) in [7, 11) is -3.12. The molecule has 84 valence electrons. The minimum atomic E-state index is -3.12. The average molecular weight is 265 g/mol. The van der Waals surface area contributed by atoms with Gasteiger partial charge in [-0.2, -0.15) is 11.8 Å². The van der Waals surface area contributed by atoms with Crippen molar-refractivity contribution in [1.29, 1.82) is 0 Å². The maximum absolute atomic E-state index is 11.8. The molecule has 0 saturated carbocycles. The van der Waals surface area contributed by atoms with Crippen LogP contribution in [0.25, 0.3) is 0 Å². The number of benzene rings is 1. The molecule has 0 heterocycles. The second-order valence-electron chi connectivity index (χ2n) is 3.12. The average Bonchev–Trinajstić information content (AvgIpc) is 2.18. The van der Waals surface area contributed by atoms with E-state index < -0.39 is 9.84 Å². The summed E-state index contributed by atoms with van der Waals surface area (Å²) in [6.07, 6.45) is 2.65. The lowest BCUT2D eigenvalue weighted by molar-refractivity contribution is 0.595. The molecule has 0 radical (unpaired) electrons. The molecule has 1 aromatic rings. The molecule has 1 rings (SSSR count). The van der Waals surface area contributed by atoms with Crippen LogP contribution in [0.5, 0.6) is 0 Å². The van der Waals surface area contributed by atoms with Crippen molar-refractivity contribution in [3.05, 3.63) is 29.3 Å². The Kier molecular flexibility index (Phi) is 4.96. The number of hydrogen-bond donors (Lipinski definition) is 0. The highest BCUT2D eigenvalue weighted by molar-refractivity contribution is 7.98. The van der Waals surface area contributed by atoms with Crippen molar-refractivity contribution in [2.24, 2.45) is 0 Å². The summed E-state index contributed by atoms with van der Waals surface area (Å²) in [5.74, 6) is 1.07. The monoisotopic (exact) mass is 264 g/mol. The first kappa shape index (κ1) is 12.9. The van der Waals surface area contributed by atoms with Crippen LogP contribution >= 0.6 is 23.4 Å². The number of halogens is 1. The highest BCUT2D eigenvalue weighted by Crippen LogP contribution is 2.16. The quantitative estimate of drug-likeness (QED) is 0.767. The van der Waals surface area contributed by atoms with Gasteiger partial charge in [-0.3, -0.25) is 0 Å². The highest BCUT2D eigenvalue weighted by Gasteiger charge is 2.13. The largest absolute Gasteiger partial charge is 0.224 e. The third-order valence-corrected chi connectivity index (χ3v) is 4.70. The van der Waals surface area contributed by atoms with E-state index in [1.165, 1.54) is 0 Å². The van der Waals surface area contributed by atoms with Gasteiger partial charge < -0.3 is 0 Å². The summed E-state index contributed by atoms with van der Waals surface area (Å²) in [5.41, 5.74) is 0. The topological polar surface area (TPSA) is 34.1 Å². The molecule has 0 aliphatic heterocycles. The first-order chi connectivity index (χ1) is 7.06. The Hall–Kier alpha value is -0.190. The Morgan fingerprint density at radius 1 is 1.27 bits per heavy atom. The van der Waals surface area contributed by atoms with Crippen molar-refractivity contribution < 1.29 is 8.42 Å². The Morgan fingerprint density at radius 3 is 2.40 bits per heavy atom. The van der Waals surface area contributed by atoms with Gasteiger partial charge in [-0.25, -0.2) is 8.42 Å². The zero-order valence-electron chi connectivity index (χ0n) is 8.44. The molecular weight excluding hydrogens is 252 g/mol. The Bertz CT molecular complexity index is 398. The lowest BCUT2D eigenvalue weighted by Gasteiger charge is -2.03. The molecule has 0 spiro atoms. The van der Waals surface area contributed by atoms with E-state index in [0.29, 0.717) is 16.3 Å². The summed E-state index contributed by atoms with van der Waals surface area (Å²) >= 11 is 7.34. The first-order valence-electron chi connectivity index (χ1n) is 4.53. The summed E-state index contributed by atoms with van der Waals surface area (Å²) in [6, 6.07) is 6.31. The summed E-state index contributed by atoms with van der Waals surface area (Å²) in [5, 5.41) is 0.554. The molecule has 0 fully saturated rings. The van der Waals surface area contributed by atoms with E-state index in [2.05, 4.69) is 0 Å². The third-order valence-electron chi connectivity index (χ3n) is 1.93. The molecule has 5 heteroatoms. The fourth-order valence-corrected chi connectivity index (χ4v) is 3.21. The van der Waals surface area contributed by atoms with Crippen LogP contribution in [0.3, 0.4) is 0 Å². The lowest BCUT2D eigenvalue weighted by atomic mass is 10.4. The van der Waals surface area contributed by atoms with Crippen molar-refractivity contribution in [2.75, 3.05) is 17.8 Å². The van der Waals surface area contributed by atoms with Crippen LogP contribution in [0.1, 0.15) is 6.42 Å². The zero-order chi connectivity index (χ0) is 11.3. The Labute approximate surface area is 99.9 Å². The van der Waals surface area contributed by atoms with Crippen molar-refractivity contribution in [2.45, 2.75) is 11.3 Å². The molecule has 0 aliphatic rings. The molecule has 0 aromatic heterocycles. The van der Waals surface area contributed by atoms with Gasteiger partial charge in [0.2, 0.25) is 0 Å². The fraction of sp³-hybridized carbons (Fsp3) is 0.400. The molecule has 0 aliphatic carbocycles. The molecule has 0 amide bonds. The molecule has 2 nitrogen and oxygen atoms in total. The first-order valence-corrected chi connectivity index (χ1v) is 7.96. The van der Waals surface area contributed by atoms with Gasteiger partial charge in [0.1, 0.15) is 0 Å². The summed E-state index contributed by atoms with van der Waals surface area (Å²) in [6.45, 7) is 0. The Morgan fingerprint density at radius 2 is 1.87 bits per heavy atom. The van der Waals surface area contributed by atoms with Gasteiger partial charge in [0.15, 0.2) is 9.84 Å². The molecule has 15 heavy (non-hydrogen) atoms. The second-order valence-corrected chi connectivity index (χ2v) is 6.65. The third kappa shape index (κ3) is 4.05. The van der Waals surface area contributed by atoms with Gasteiger partial charge >= 0.3 is 0 Å². The molecule has 1 aromatic carbocycles. The number of thioether (sulfide) groups is 1. The van der Waals surface area contributed by atoms with Gasteiger partial charge in [-0.15, -0.1) is 0 Å². The second kappa shape index (κ2) is 5.77. The summed E-state index contributed by atoms with van der Waals surface area (Å²) in [4.78, 5) is 0.355. The van der Waals surface area contributed by atoms with E-state index in [0.717, 1.165) is 5.75 Å². The van der Waals surface area contributed by atoms with Gasteiger partial charge in [0.05, 0.1) is 10.6 Å². The summed E-state index contributed by atoms with van der Waals surface area (Å²) < 4.78 is 23.5. The van der Waals surface area contributed by atoms with Crippen LogP contribution in [0.4, 0.5) is 0 Å². The van der Waals surface area contributed by atoms with Gasteiger partial charge in [-0.1, -0.05) is 11.6 Å². The van der Waals surface area contributed by atoms with Gasteiger partial charge in [0.25, 0.3) is 0 Å². The zero-order valence-corrected chi connectivity index (χ0v) is 10.8. The van der Waals surface area contributed by atoms with E-state index in [4.69, 9.17) is 11.6 Å². The van der Waals surface area contributed by atoms with Crippen molar-refractivity contribution >= 4 is 33.2 Å². The van der Waals surface area contributed by atoms with Crippen LogP contribution in [-0.4, -0.2) is 26.2 Å². The predicted molar refractivity (Wildman–Crippen MR) is 66.5 cm³/mol. The standard InChI is InChI=1S/C10H13ClO2S2/c1-14-7-2-8-15(12,13)10-5-3-9(11)4-6-10/h3-6H,2,7-8H2,1H3. The minimum absolute atomic E-state index is 0.204. The van der Waals surface area contributed by atoms with Crippen LogP contribution in [0, 0.1) is 0 Å². The van der Waals surface area contributed by atoms with E-state index in [1.54, 1.807) is 36.0 Å². The predicted octanol–water partition coefficient (Wildman–Crippen LogP) is 2.87. The smallest absolute Gasteiger partial charge is 0.178 e. The van der Waals surface area contributed by atoms with E-state index >= 15 is 0 Å². The van der Waals surface area contributed by atoms with Crippen LogP contribution in [-0.2, 0) is 9.84 Å².